The molecule has 0 amide bonds. The van der Waals surface area contributed by atoms with Gasteiger partial charge in [0.05, 0.1) is 6.26 Å². The molecule has 0 aromatic carbocycles. The minimum atomic E-state index is 0.531. The van der Waals surface area contributed by atoms with E-state index in [0.29, 0.717) is 6.04 Å². The van der Waals surface area contributed by atoms with Crippen molar-refractivity contribution in [2.75, 3.05) is 5.32 Å². The van der Waals surface area contributed by atoms with Crippen LogP contribution in [0.5, 0.6) is 0 Å². The molecule has 0 aliphatic heterocycles. The van der Waals surface area contributed by atoms with Crippen molar-refractivity contribution in [2.24, 2.45) is 0 Å². The van der Waals surface area contributed by atoms with Gasteiger partial charge in [0.15, 0.2) is 5.76 Å². The van der Waals surface area contributed by atoms with E-state index in [9.17, 15) is 0 Å². The topological polar surface area (TPSA) is 42.5 Å². The summed E-state index contributed by atoms with van der Waals surface area (Å²) in [4.78, 5) is 4.79. The highest BCUT2D eigenvalue weighted by Gasteiger charge is 2.20. The number of pyridine rings is 1. The first-order valence-corrected chi connectivity index (χ1v) is 8.10. The molecule has 1 saturated carbocycles. The van der Waals surface area contributed by atoms with Gasteiger partial charge < -0.3 is 9.73 Å². The van der Waals surface area contributed by atoms with Gasteiger partial charge in [0.2, 0.25) is 0 Å². The third-order valence-corrected chi connectivity index (χ3v) is 4.48. The second kappa shape index (κ2) is 5.52. The third kappa shape index (κ3) is 2.39. The number of furan rings is 1. The fraction of sp³-hybridized carbons (Fsp3) is 0.389. The number of hydrogen-bond acceptors (Lipinski definition) is 3. The molecule has 0 unspecified atom stereocenters. The van der Waals surface area contributed by atoms with Crippen LogP contribution in [0.2, 0.25) is 0 Å². The van der Waals surface area contributed by atoms with Gasteiger partial charge in [-0.2, -0.15) is 0 Å². The lowest BCUT2D eigenvalue weighted by atomic mass is 9.95. The summed E-state index contributed by atoms with van der Waals surface area (Å²) in [7, 11) is 0. The van der Waals surface area contributed by atoms with Crippen molar-refractivity contribution < 1.29 is 4.42 Å². The summed E-state index contributed by atoms with van der Waals surface area (Å²) in [5.41, 5.74) is 3.08. The van der Waals surface area contributed by atoms with Crippen LogP contribution in [0.1, 0.15) is 37.7 Å². The van der Waals surface area contributed by atoms with Crippen LogP contribution in [0.25, 0.3) is 17.1 Å². The molecule has 1 fully saturated rings. The van der Waals surface area contributed by atoms with Gasteiger partial charge in [0.25, 0.3) is 0 Å². The molecule has 1 aliphatic rings. The predicted molar refractivity (Wildman–Crippen MR) is 88.1 cm³/mol. The predicted octanol–water partition coefficient (Wildman–Crippen LogP) is 4.65. The maximum absolute atomic E-state index is 5.59. The molecule has 4 heteroatoms. The molecule has 0 atom stereocenters. The van der Waals surface area contributed by atoms with E-state index in [4.69, 9.17) is 9.40 Å². The summed E-state index contributed by atoms with van der Waals surface area (Å²) in [6, 6.07) is 8.64. The van der Waals surface area contributed by atoms with Crippen LogP contribution in [0.15, 0.2) is 41.1 Å². The molecule has 0 spiro atoms. The van der Waals surface area contributed by atoms with Crippen LogP contribution in [0.4, 0.5) is 5.82 Å². The Hall–Kier alpha value is -2.23. The van der Waals surface area contributed by atoms with Crippen LogP contribution < -0.4 is 5.32 Å². The number of fused-ring (bicyclic) bond motifs is 1. The van der Waals surface area contributed by atoms with E-state index in [1.54, 1.807) is 6.26 Å². The summed E-state index contributed by atoms with van der Waals surface area (Å²) in [6.45, 7) is 2.09. The van der Waals surface area contributed by atoms with Crippen LogP contribution in [-0.4, -0.2) is 15.4 Å². The normalized spacial score (nSPS) is 16.2. The highest BCUT2D eigenvalue weighted by atomic mass is 16.3. The molecule has 3 heterocycles. The third-order valence-electron chi connectivity index (χ3n) is 4.48. The van der Waals surface area contributed by atoms with E-state index >= 15 is 0 Å². The molecule has 22 heavy (non-hydrogen) atoms. The Labute approximate surface area is 130 Å². The molecule has 0 bridgehead atoms. The average molecular weight is 295 g/mol. The smallest absolute Gasteiger partial charge is 0.156 e. The van der Waals surface area contributed by atoms with Crippen molar-refractivity contribution in [3.05, 3.63) is 42.3 Å². The standard InChI is InChI=1S/C18H21N3O/c1-13-9-10-21-16(12-13)20-17(15-8-5-11-22-15)18(21)19-14-6-3-2-4-7-14/h5,8-12,14,19H,2-4,6-7H2,1H3. The maximum atomic E-state index is 5.59. The Morgan fingerprint density at radius 1 is 1.23 bits per heavy atom. The zero-order chi connectivity index (χ0) is 14.9. The van der Waals surface area contributed by atoms with Crippen LogP contribution in [0, 0.1) is 6.92 Å². The second-order valence-corrected chi connectivity index (χ2v) is 6.20. The number of aryl methyl sites for hydroxylation is 1. The lowest BCUT2D eigenvalue weighted by molar-refractivity contribution is 0.461. The lowest BCUT2D eigenvalue weighted by Crippen LogP contribution is -2.23. The minimum absolute atomic E-state index is 0.531. The lowest BCUT2D eigenvalue weighted by Gasteiger charge is -2.23. The molecule has 3 aromatic rings. The van der Waals surface area contributed by atoms with Crippen molar-refractivity contribution in [1.82, 2.24) is 9.38 Å². The monoisotopic (exact) mass is 295 g/mol. The van der Waals surface area contributed by atoms with Crippen molar-refractivity contribution in [1.29, 1.82) is 0 Å². The van der Waals surface area contributed by atoms with Crippen LogP contribution in [-0.2, 0) is 0 Å². The van der Waals surface area contributed by atoms with Gasteiger partial charge in [0.1, 0.15) is 17.2 Å². The van der Waals surface area contributed by atoms with Crippen LogP contribution >= 0.6 is 0 Å². The number of nitrogens with zero attached hydrogens (tertiary/aromatic N) is 2. The van der Waals surface area contributed by atoms with E-state index in [1.807, 2.05) is 12.1 Å². The Kier molecular flexibility index (Phi) is 3.37. The van der Waals surface area contributed by atoms with Gasteiger partial charge in [-0.1, -0.05) is 19.3 Å². The van der Waals surface area contributed by atoms with Gasteiger partial charge in [-0.25, -0.2) is 4.98 Å². The van der Waals surface area contributed by atoms with E-state index in [0.717, 1.165) is 22.9 Å². The number of imidazole rings is 1. The van der Waals surface area contributed by atoms with Crippen molar-refractivity contribution in [2.45, 2.75) is 45.1 Å². The highest BCUT2D eigenvalue weighted by Crippen LogP contribution is 2.31. The summed E-state index contributed by atoms with van der Waals surface area (Å²) >= 11 is 0. The van der Waals surface area contributed by atoms with Gasteiger partial charge in [-0.15, -0.1) is 0 Å². The molecule has 3 aromatic heterocycles. The number of rotatable bonds is 3. The summed E-state index contributed by atoms with van der Waals surface area (Å²) < 4.78 is 7.73. The Balaban J connectivity index is 1.80. The average Bonchev–Trinajstić information content (AvgIpc) is 3.16. The molecule has 114 valence electrons. The fourth-order valence-corrected chi connectivity index (χ4v) is 3.31. The van der Waals surface area contributed by atoms with Crippen molar-refractivity contribution in [3.63, 3.8) is 0 Å². The molecule has 4 nitrogen and oxygen atoms in total. The highest BCUT2D eigenvalue weighted by molar-refractivity contribution is 5.73. The first kappa shape index (κ1) is 13.4. The number of anilines is 1. The van der Waals surface area contributed by atoms with Gasteiger partial charge >= 0.3 is 0 Å². The molecular weight excluding hydrogens is 274 g/mol. The number of hydrogen-bond donors (Lipinski definition) is 1. The van der Waals surface area contributed by atoms with E-state index in [2.05, 4.69) is 35.0 Å². The Morgan fingerprint density at radius 2 is 2.09 bits per heavy atom. The van der Waals surface area contributed by atoms with E-state index < -0.39 is 0 Å². The molecule has 0 radical (unpaired) electrons. The first-order chi connectivity index (χ1) is 10.8. The van der Waals surface area contributed by atoms with E-state index in [1.165, 1.54) is 37.7 Å². The van der Waals surface area contributed by atoms with Gasteiger partial charge in [0, 0.05) is 12.2 Å². The first-order valence-electron chi connectivity index (χ1n) is 8.10. The SMILES string of the molecule is Cc1ccn2c(NC3CCCCC3)c(-c3ccco3)nc2c1. The molecule has 0 saturated heterocycles. The zero-order valence-electron chi connectivity index (χ0n) is 12.9. The van der Waals surface area contributed by atoms with E-state index in [-0.39, 0.29) is 0 Å². The van der Waals surface area contributed by atoms with Gasteiger partial charge in [-0.3, -0.25) is 4.40 Å². The summed E-state index contributed by atoms with van der Waals surface area (Å²) in [6.07, 6.45) is 10.2. The van der Waals surface area contributed by atoms with Gasteiger partial charge in [-0.05, 0) is 49.6 Å². The van der Waals surface area contributed by atoms with Crippen LogP contribution in [0.3, 0.4) is 0 Å². The number of aromatic nitrogens is 2. The largest absolute Gasteiger partial charge is 0.463 e. The Morgan fingerprint density at radius 3 is 2.86 bits per heavy atom. The van der Waals surface area contributed by atoms with Crippen molar-refractivity contribution >= 4 is 11.5 Å². The fourth-order valence-electron chi connectivity index (χ4n) is 3.31. The molecule has 1 N–H and O–H groups in total. The quantitative estimate of drug-likeness (QED) is 0.765. The molecule has 1 aliphatic carbocycles. The summed E-state index contributed by atoms with van der Waals surface area (Å²) in [5.74, 6) is 1.87. The molecular formula is C18H21N3O. The minimum Gasteiger partial charge on any atom is -0.463 e. The summed E-state index contributed by atoms with van der Waals surface area (Å²) in [5, 5.41) is 3.72. The maximum Gasteiger partial charge on any atom is 0.156 e. The zero-order valence-corrected chi connectivity index (χ0v) is 12.9. The van der Waals surface area contributed by atoms with Crippen molar-refractivity contribution in [3.8, 4) is 11.5 Å². The number of nitrogens with one attached hydrogen (secondary N) is 1. The Bertz CT molecular complexity index is 767. The molecule has 4 rings (SSSR count). The second-order valence-electron chi connectivity index (χ2n) is 6.20.